The second-order valence-electron chi connectivity index (χ2n) is 8.97. The summed E-state index contributed by atoms with van der Waals surface area (Å²) in [4.78, 5) is 9.99. The molecule has 3 unspecified atom stereocenters. The topological polar surface area (TPSA) is 73.6 Å². The maximum atomic E-state index is 4.88. The molecule has 164 valence electrons. The van der Waals surface area contributed by atoms with Gasteiger partial charge in [0.25, 0.3) is 0 Å². The third kappa shape index (κ3) is 5.48. The van der Waals surface area contributed by atoms with Crippen molar-refractivity contribution in [3.63, 3.8) is 0 Å². The van der Waals surface area contributed by atoms with Crippen LogP contribution in [0.5, 0.6) is 0 Å². The van der Waals surface area contributed by atoms with Crippen molar-refractivity contribution < 1.29 is 0 Å². The molecule has 0 aliphatic carbocycles. The van der Waals surface area contributed by atoms with Crippen LogP contribution in [0, 0.1) is 12.8 Å². The molecule has 0 saturated carbocycles. The van der Waals surface area contributed by atoms with E-state index < -0.39 is 0 Å². The normalized spacial score (nSPS) is 26.6. The minimum atomic E-state index is 0.413. The Morgan fingerprint density at radius 2 is 2.07 bits per heavy atom. The zero-order valence-electron chi connectivity index (χ0n) is 19.1. The predicted octanol–water partition coefficient (Wildman–Crippen LogP) is 1.37. The van der Waals surface area contributed by atoms with E-state index in [1.165, 1.54) is 19.4 Å². The van der Waals surface area contributed by atoms with Gasteiger partial charge in [-0.2, -0.15) is 0 Å². The quantitative estimate of drug-likeness (QED) is 0.528. The molecule has 2 fully saturated rings. The number of rotatable bonds is 7. The highest BCUT2D eigenvalue weighted by Crippen LogP contribution is 2.19. The van der Waals surface area contributed by atoms with Crippen molar-refractivity contribution in [3.8, 4) is 0 Å². The van der Waals surface area contributed by atoms with Gasteiger partial charge in [-0.05, 0) is 52.6 Å². The number of nitrogens with one attached hydrogen (secondary N) is 2. The Morgan fingerprint density at radius 1 is 1.28 bits per heavy atom. The molecule has 29 heavy (non-hydrogen) atoms. The molecule has 0 aromatic carbocycles. The molecule has 0 radical (unpaired) electrons. The molecule has 3 atom stereocenters. The van der Waals surface area contributed by atoms with E-state index in [4.69, 9.17) is 4.99 Å². The molecule has 0 spiro atoms. The van der Waals surface area contributed by atoms with Gasteiger partial charge in [0.05, 0.1) is 0 Å². The molecule has 3 heterocycles. The first kappa shape index (κ1) is 22.0. The Bertz CT molecular complexity index is 682. The van der Waals surface area contributed by atoms with E-state index in [9.17, 15) is 0 Å². The Morgan fingerprint density at radius 3 is 2.69 bits per heavy atom. The van der Waals surface area contributed by atoms with Crippen LogP contribution >= 0.6 is 0 Å². The molecule has 3 rings (SSSR count). The van der Waals surface area contributed by atoms with Crippen LogP contribution < -0.4 is 10.6 Å². The monoisotopic (exact) mass is 404 g/mol. The van der Waals surface area contributed by atoms with Crippen LogP contribution in [0.3, 0.4) is 0 Å². The van der Waals surface area contributed by atoms with Crippen molar-refractivity contribution in [1.82, 2.24) is 35.2 Å². The van der Waals surface area contributed by atoms with Gasteiger partial charge >= 0.3 is 0 Å². The van der Waals surface area contributed by atoms with Crippen LogP contribution in [0.4, 0.5) is 0 Å². The lowest BCUT2D eigenvalue weighted by atomic mass is 10.1. The van der Waals surface area contributed by atoms with Crippen molar-refractivity contribution in [2.75, 3.05) is 32.7 Å². The number of hydrogen-bond acceptors (Lipinski definition) is 5. The number of likely N-dealkylation sites (tertiary alicyclic amines) is 2. The second-order valence-corrected chi connectivity index (χ2v) is 8.97. The highest BCUT2D eigenvalue weighted by molar-refractivity contribution is 5.80. The number of aryl methyl sites for hydroxylation is 1. The third-order valence-electron chi connectivity index (χ3n) is 6.66. The highest BCUT2D eigenvalue weighted by Gasteiger charge is 2.31. The molecule has 1 aromatic rings. The van der Waals surface area contributed by atoms with E-state index in [0.717, 1.165) is 43.8 Å². The Hall–Kier alpha value is -1.67. The molecule has 8 nitrogen and oxygen atoms in total. The molecule has 0 bridgehead atoms. The summed E-state index contributed by atoms with van der Waals surface area (Å²) in [5.74, 6) is 3.30. The minimum absolute atomic E-state index is 0.413. The summed E-state index contributed by atoms with van der Waals surface area (Å²) in [5.41, 5.74) is 0. The smallest absolute Gasteiger partial charge is 0.192 e. The van der Waals surface area contributed by atoms with Gasteiger partial charge in [-0.15, -0.1) is 10.2 Å². The second kappa shape index (κ2) is 9.89. The summed E-state index contributed by atoms with van der Waals surface area (Å²) < 4.78 is 2.01. The number of hydrogen-bond donors (Lipinski definition) is 2. The van der Waals surface area contributed by atoms with Crippen LogP contribution in [0.25, 0.3) is 0 Å². The van der Waals surface area contributed by atoms with Gasteiger partial charge < -0.3 is 15.2 Å². The van der Waals surface area contributed by atoms with Crippen LogP contribution in [-0.4, -0.2) is 81.4 Å². The fourth-order valence-corrected chi connectivity index (χ4v) is 4.44. The Balaban J connectivity index is 1.67. The van der Waals surface area contributed by atoms with E-state index in [1.54, 1.807) is 0 Å². The fraction of sp³-hybridized carbons (Fsp3) is 0.857. The maximum Gasteiger partial charge on any atom is 0.192 e. The lowest BCUT2D eigenvalue weighted by molar-refractivity contribution is 0.264. The molecular weight excluding hydrogens is 364 g/mol. The van der Waals surface area contributed by atoms with Crippen molar-refractivity contribution in [3.05, 3.63) is 11.6 Å². The summed E-state index contributed by atoms with van der Waals surface area (Å²) in [7, 11) is 2.00. The van der Waals surface area contributed by atoms with Crippen molar-refractivity contribution >= 4 is 5.96 Å². The third-order valence-corrected chi connectivity index (χ3v) is 6.66. The summed E-state index contributed by atoms with van der Waals surface area (Å²) in [6.45, 7) is 17.1. The van der Waals surface area contributed by atoms with Crippen molar-refractivity contribution in [1.29, 1.82) is 0 Å². The minimum Gasteiger partial charge on any atom is -0.355 e. The first-order valence-corrected chi connectivity index (χ1v) is 11.3. The molecule has 1 aromatic heterocycles. The van der Waals surface area contributed by atoms with Crippen LogP contribution in [0.2, 0.25) is 0 Å². The fourth-order valence-electron chi connectivity index (χ4n) is 4.44. The molecule has 2 aliphatic rings. The van der Waals surface area contributed by atoms with Crippen molar-refractivity contribution in [2.45, 2.75) is 72.1 Å². The van der Waals surface area contributed by atoms with Gasteiger partial charge in [0.1, 0.15) is 12.4 Å². The molecule has 0 amide bonds. The van der Waals surface area contributed by atoms with E-state index in [2.05, 4.69) is 58.3 Å². The van der Waals surface area contributed by atoms with Crippen LogP contribution in [0.15, 0.2) is 4.99 Å². The van der Waals surface area contributed by atoms with Gasteiger partial charge in [-0.25, -0.2) is 4.99 Å². The summed E-state index contributed by atoms with van der Waals surface area (Å²) in [6.07, 6.45) is 2.55. The number of guanidine groups is 1. The standard InChI is InChI=1S/C21H40N8/c1-7-28-10-8-9-18(28)11-22-21(23-12-20-26-25-17(5)27(20)6)24-19-14-29(15(2)3)13-16(19)4/h15-16,18-19H,7-14H2,1-6H3,(H2,22,23,24). The number of likely N-dealkylation sites (N-methyl/N-ethyl adjacent to an activating group) is 1. The number of nitrogens with zero attached hydrogens (tertiary/aromatic N) is 6. The molecule has 8 heteroatoms. The molecule has 2 N–H and O–H groups in total. The first-order chi connectivity index (χ1) is 13.9. The van der Waals surface area contributed by atoms with Crippen LogP contribution in [-0.2, 0) is 13.6 Å². The largest absolute Gasteiger partial charge is 0.355 e. The SMILES string of the molecule is CCN1CCCC1CNC(=NCc1nnc(C)n1C)NC1CN(C(C)C)CC1C. The zero-order chi connectivity index (χ0) is 21.0. The van der Waals surface area contributed by atoms with Crippen LogP contribution in [0.1, 0.15) is 52.2 Å². The van der Waals surface area contributed by atoms with E-state index >= 15 is 0 Å². The lowest BCUT2D eigenvalue weighted by Crippen LogP contribution is -2.50. The maximum absolute atomic E-state index is 4.88. The summed E-state index contributed by atoms with van der Waals surface area (Å²) in [5, 5.41) is 15.8. The van der Waals surface area contributed by atoms with E-state index in [0.29, 0.717) is 30.6 Å². The Kier molecular flexibility index (Phi) is 7.51. The van der Waals surface area contributed by atoms with E-state index in [-0.39, 0.29) is 0 Å². The predicted molar refractivity (Wildman–Crippen MR) is 118 cm³/mol. The average Bonchev–Trinajstić information content (AvgIpc) is 3.38. The molecule has 2 aliphatic heterocycles. The van der Waals surface area contributed by atoms with Gasteiger partial charge in [-0.1, -0.05) is 13.8 Å². The Labute approximate surface area is 176 Å². The van der Waals surface area contributed by atoms with E-state index in [1.807, 2.05) is 18.5 Å². The number of aliphatic imine (C=N–C) groups is 1. The lowest BCUT2D eigenvalue weighted by Gasteiger charge is -2.26. The summed E-state index contributed by atoms with van der Waals surface area (Å²) >= 11 is 0. The van der Waals surface area contributed by atoms with Gasteiger partial charge in [0, 0.05) is 44.8 Å². The molecular formula is C21H40N8. The van der Waals surface area contributed by atoms with Gasteiger partial charge in [0.15, 0.2) is 11.8 Å². The zero-order valence-corrected chi connectivity index (χ0v) is 19.1. The summed E-state index contributed by atoms with van der Waals surface area (Å²) in [6, 6.07) is 1.59. The molecule has 2 saturated heterocycles. The van der Waals surface area contributed by atoms with Crippen molar-refractivity contribution in [2.24, 2.45) is 18.0 Å². The highest BCUT2D eigenvalue weighted by atomic mass is 15.3. The van der Waals surface area contributed by atoms with Gasteiger partial charge in [0.2, 0.25) is 0 Å². The average molecular weight is 405 g/mol. The van der Waals surface area contributed by atoms with Gasteiger partial charge in [-0.3, -0.25) is 9.80 Å². The number of aromatic nitrogens is 3. The first-order valence-electron chi connectivity index (χ1n) is 11.3.